The summed E-state index contributed by atoms with van der Waals surface area (Å²) >= 11 is 1.74. The lowest BCUT2D eigenvalue weighted by atomic mass is 9.98. The summed E-state index contributed by atoms with van der Waals surface area (Å²) in [7, 11) is 0. The number of thioether (sulfide) groups is 1. The van der Waals surface area contributed by atoms with Crippen molar-refractivity contribution >= 4 is 34.6 Å². The van der Waals surface area contributed by atoms with E-state index in [-0.39, 0.29) is 23.8 Å². The molecule has 2 aromatic rings. The third kappa shape index (κ3) is 3.90. The van der Waals surface area contributed by atoms with Crippen molar-refractivity contribution in [1.82, 2.24) is 20.6 Å². The third-order valence-electron chi connectivity index (χ3n) is 4.30. The number of para-hydroxylation sites is 2. The van der Waals surface area contributed by atoms with Gasteiger partial charge in [-0.05, 0) is 37.0 Å². The summed E-state index contributed by atoms with van der Waals surface area (Å²) in [5.41, 5.74) is 1.88. The zero-order chi connectivity index (χ0) is 16.9. The van der Waals surface area contributed by atoms with E-state index in [0.717, 1.165) is 29.0 Å². The van der Waals surface area contributed by atoms with Crippen LogP contribution in [0, 0.1) is 5.92 Å². The summed E-state index contributed by atoms with van der Waals surface area (Å²) in [5, 5.41) is 5.88. The third-order valence-corrected chi connectivity index (χ3v) is 4.95. The van der Waals surface area contributed by atoms with Crippen LogP contribution in [0.2, 0.25) is 0 Å². The van der Waals surface area contributed by atoms with E-state index in [1.807, 2.05) is 30.5 Å². The topological polar surface area (TPSA) is 86.9 Å². The predicted octanol–water partition coefficient (Wildman–Crippen LogP) is 2.00. The smallest absolute Gasteiger partial charge is 0.225 e. The second-order valence-electron chi connectivity index (χ2n) is 6.02. The lowest BCUT2D eigenvalue weighted by Crippen LogP contribution is -2.44. The van der Waals surface area contributed by atoms with Gasteiger partial charge in [0.25, 0.3) is 0 Å². The van der Waals surface area contributed by atoms with Gasteiger partial charge in [0.15, 0.2) is 0 Å². The average molecular weight is 346 g/mol. The lowest BCUT2D eigenvalue weighted by molar-refractivity contribution is -0.129. The van der Waals surface area contributed by atoms with Crippen LogP contribution < -0.4 is 10.6 Å². The number of amides is 2. The van der Waals surface area contributed by atoms with E-state index in [0.29, 0.717) is 19.4 Å². The highest BCUT2D eigenvalue weighted by atomic mass is 32.2. The van der Waals surface area contributed by atoms with Crippen LogP contribution in [-0.2, 0) is 9.59 Å². The van der Waals surface area contributed by atoms with Gasteiger partial charge in [-0.3, -0.25) is 9.59 Å². The Hall–Kier alpha value is -2.02. The van der Waals surface area contributed by atoms with Crippen LogP contribution in [0.5, 0.6) is 0 Å². The number of aromatic nitrogens is 2. The quantitative estimate of drug-likeness (QED) is 0.747. The maximum atomic E-state index is 12.6. The number of rotatable bonds is 6. The fourth-order valence-electron chi connectivity index (χ4n) is 2.90. The lowest BCUT2D eigenvalue weighted by Gasteiger charge is -2.24. The van der Waals surface area contributed by atoms with Crippen LogP contribution >= 0.6 is 11.8 Å². The van der Waals surface area contributed by atoms with Gasteiger partial charge in [0, 0.05) is 13.0 Å². The van der Waals surface area contributed by atoms with E-state index in [9.17, 15) is 9.59 Å². The zero-order valence-corrected chi connectivity index (χ0v) is 14.5. The van der Waals surface area contributed by atoms with Gasteiger partial charge in [0.2, 0.25) is 11.8 Å². The molecule has 1 unspecified atom stereocenters. The number of benzene rings is 1. The first-order valence-electron chi connectivity index (χ1n) is 8.18. The number of imidazole rings is 1. The molecule has 0 spiro atoms. The first kappa shape index (κ1) is 16.8. The predicted molar refractivity (Wildman–Crippen MR) is 95.7 cm³/mol. The Morgan fingerprint density at radius 3 is 3.00 bits per heavy atom. The molecule has 1 aromatic carbocycles. The summed E-state index contributed by atoms with van der Waals surface area (Å²) in [5.74, 6) is 1.57. The first-order valence-corrected chi connectivity index (χ1v) is 9.57. The second kappa shape index (κ2) is 7.70. The van der Waals surface area contributed by atoms with Crippen molar-refractivity contribution in [1.29, 1.82) is 0 Å². The molecule has 2 heterocycles. The molecule has 2 amide bonds. The Balaban J connectivity index is 1.73. The number of carbonyl (C=O) groups excluding carboxylic acids is 2. The number of fused-ring (bicyclic) bond motifs is 1. The minimum Gasteiger partial charge on any atom is -0.355 e. The van der Waals surface area contributed by atoms with Gasteiger partial charge in [0.05, 0.1) is 23.0 Å². The molecule has 0 aliphatic carbocycles. The zero-order valence-electron chi connectivity index (χ0n) is 13.7. The SMILES string of the molecule is CSCC[C@H](NC(=O)C1CCC(=O)NC1)c1nc2ccccc2[nH]1. The molecule has 24 heavy (non-hydrogen) atoms. The van der Waals surface area contributed by atoms with Crippen molar-refractivity contribution in [3.8, 4) is 0 Å². The molecule has 7 heteroatoms. The van der Waals surface area contributed by atoms with Crippen LogP contribution in [-0.4, -0.2) is 40.3 Å². The first-order chi connectivity index (χ1) is 11.7. The van der Waals surface area contributed by atoms with Crippen molar-refractivity contribution < 1.29 is 9.59 Å². The summed E-state index contributed by atoms with van der Waals surface area (Å²) in [6, 6.07) is 7.71. The molecular weight excluding hydrogens is 324 g/mol. The van der Waals surface area contributed by atoms with E-state index < -0.39 is 0 Å². The van der Waals surface area contributed by atoms with E-state index in [2.05, 4.69) is 20.6 Å². The minimum absolute atomic E-state index is 0.0124. The number of nitrogens with one attached hydrogen (secondary N) is 3. The van der Waals surface area contributed by atoms with Gasteiger partial charge < -0.3 is 15.6 Å². The molecule has 1 saturated heterocycles. The second-order valence-corrected chi connectivity index (χ2v) is 7.01. The summed E-state index contributed by atoms with van der Waals surface area (Å²) < 4.78 is 0. The fourth-order valence-corrected chi connectivity index (χ4v) is 3.37. The molecule has 1 aliphatic rings. The largest absolute Gasteiger partial charge is 0.355 e. The molecular formula is C17H22N4O2S. The van der Waals surface area contributed by atoms with E-state index in [1.165, 1.54) is 0 Å². The Labute approximate surface area is 145 Å². The van der Waals surface area contributed by atoms with Gasteiger partial charge in [-0.25, -0.2) is 4.98 Å². The number of carbonyl (C=O) groups is 2. The average Bonchev–Trinajstić information content (AvgIpc) is 3.03. The Kier molecular flexibility index (Phi) is 5.40. The Morgan fingerprint density at radius 1 is 1.46 bits per heavy atom. The molecule has 128 valence electrons. The number of aromatic amines is 1. The van der Waals surface area contributed by atoms with Crippen molar-refractivity contribution in [2.24, 2.45) is 5.92 Å². The summed E-state index contributed by atoms with van der Waals surface area (Å²) in [6.45, 7) is 0.417. The molecule has 1 aromatic heterocycles. The Bertz CT molecular complexity index is 687. The standard InChI is InChI=1S/C17H22N4O2S/c1-24-9-8-14(16-19-12-4-2-3-5-13(12)20-16)21-17(23)11-6-7-15(22)18-10-11/h2-5,11,14H,6-10H2,1H3,(H,18,22)(H,19,20)(H,21,23)/t11?,14-/m0/s1. The molecule has 0 radical (unpaired) electrons. The van der Waals surface area contributed by atoms with Crippen LogP contribution in [0.15, 0.2) is 24.3 Å². The number of hydrogen-bond donors (Lipinski definition) is 3. The normalized spacial score (nSPS) is 19.0. The Morgan fingerprint density at radius 2 is 2.29 bits per heavy atom. The molecule has 0 saturated carbocycles. The molecule has 1 aliphatic heterocycles. The molecule has 0 bridgehead atoms. The maximum Gasteiger partial charge on any atom is 0.225 e. The van der Waals surface area contributed by atoms with Crippen LogP contribution in [0.4, 0.5) is 0 Å². The summed E-state index contributed by atoms with van der Waals surface area (Å²) in [4.78, 5) is 31.8. The van der Waals surface area contributed by atoms with Gasteiger partial charge in [0.1, 0.15) is 5.82 Å². The monoisotopic (exact) mass is 346 g/mol. The number of H-pyrrole nitrogens is 1. The molecule has 3 rings (SSSR count). The highest BCUT2D eigenvalue weighted by molar-refractivity contribution is 7.98. The highest BCUT2D eigenvalue weighted by Gasteiger charge is 2.27. The molecule has 1 fully saturated rings. The number of piperidine rings is 1. The maximum absolute atomic E-state index is 12.6. The van der Waals surface area contributed by atoms with Gasteiger partial charge in [-0.1, -0.05) is 12.1 Å². The number of hydrogen-bond acceptors (Lipinski definition) is 4. The highest BCUT2D eigenvalue weighted by Crippen LogP contribution is 2.21. The van der Waals surface area contributed by atoms with Crippen LogP contribution in [0.1, 0.15) is 31.1 Å². The van der Waals surface area contributed by atoms with Crippen molar-refractivity contribution in [3.05, 3.63) is 30.1 Å². The molecule has 6 nitrogen and oxygen atoms in total. The van der Waals surface area contributed by atoms with Crippen molar-refractivity contribution in [3.63, 3.8) is 0 Å². The summed E-state index contributed by atoms with van der Waals surface area (Å²) in [6.07, 6.45) is 3.88. The van der Waals surface area contributed by atoms with Crippen molar-refractivity contribution in [2.45, 2.75) is 25.3 Å². The van der Waals surface area contributed by atoms with E-state index in [4.69, 9.17) is 0 Å². The number of nitrogens with zero attached hydrogens (tertiary/aromatic N) is 1. The fraction of sp³-hybridized carbons (Fsp3) is 0.471. The van der Waals surface area contributed by atoms with Crippen LogP contribution in [0.25, 0.3) is 11.0 Å². The minimum atomic E-state index is -0.163. The van der Waals surface area contributed by atoms with Crippen molar-refractivity contribution in [2.75, 3.05) is 18.6 Å². The van der Waals surface area contributed by atoms with Crippen LogP contribution in [0.3, 0.4) is 0 Å². The molecule has 3 N–H and O–H groups in total. The van der Waals surface area contributed by atoms with Gasteiger partial charge in [-0.15, -0.1) is 0 Å². The molecule has 2 atom stereocenters. The van der Waals surface area contributed by atoms with Gasteiger partial charge in [-0.2, -0.15) is 11.8 Å². The van der Waals surface area contributed by atoms with E-state index in [1.54, 1.807) is 11.8 Å². The van der Waals surface area contributed by atoms with Gasteiger partial charge >= 0.3 is 0 Å². The van der Waals surface area contributed by atoms with E-state index >= 15 is 0 Å².